The molecule has 0 unspecified atom stereocenters. The van der Waals surface area contributed by atoms with Gasteiger partial charge >= 0.3 is 0 Å². The van der Waals surface area contributed by atoms with Crippen LogP contribution in [-0.2, 0) is 0 Å². The van der Waals surface area contributed by atoms with E-state index in [0.29, 0.717) is 0 Å². The van der Waals surface area contributed by atoms with Crippen LogP contribution in [0.15, 0.2) is 121 Å². The van der Waals surface area contributed by atoms with Crippen molar-refractivity contribution < 1.29 is 0 Å². The minimum absolute atomic E-state index is 0.927. The molecule has 0 N–H and O–H groups in total. The molecule has 0 aliphatic rings. The monoisotopic (exact) mass is 448 g/mol. The summed E-state index contributed by atoms with van der Waals surface area (Å²) in [4.78, 5) is 5.10. The van der Waals surface area contributed by atoms with E-state index in [0.717, 1.165) is 39.2 Å². The highest BCUT2D eigenvalue weighted by Crippen LogP contribution is 2.38. The van der Waals surface area contributed by atoms with E-state index in [1.165, 1.54) is 21.8 Å². The van der Waals surface area contributed by atoms with Crippen LogP contribution in [0.3, 0.4) is 0 Å². The van der Waals surface area contributed by atoms with Gasteiger partial charge in [0.25, 0.3) is 0 Å². The Kier molecular flexibility index (Phi) is 3.63. The van der Waals surface area contributed by atoms with E-state index < -0.39 is 0 Å². The lowest BCUT2D eigenvalue weighted by molar-refractivity contribution is 1.12. The van der Waals surface area contributed by atoms with Gasteiger partial charge in [0.15, 0.2) is 0 Å². The fraction of sp³-hybridized carbons (Fsp3) is 0. The number of hydrogen-bond donors (Lipinski definition) is 0. The topological polar surface area (TPSA) is 27.2 Å². The highest BCUT2D eigenvalue weighted by Gasteiger charge is 2.21. The van der Waals surface area contributed by atoms with Gasteiger partial charge in [0.1, 0.15) is 0 Å². The van der Waals surface area contributed by atoms with Gasteiger partial charge in [0.05, 0.1) is 38.8 Å². The molecule has 0 radical (unpaired) electrons. The number of benzene rings is 5. The molecule has 0 saturated carbocycles. The second-order valence-electron chi connectivity index (χ2n) is 8.92. The van der Waals surface area contributed by atoms with Crippen LogP contribution in [0, 0.1) is 0 Å². The van der Waals surface area contributed by atoms with Crippen molar-refractivity contribution in [3.05, 3.63) is 121 Å². The smallest absolute Gasteiger partial charge is 0.220 e. The van der Waals surface area contributed by atoms with E-state index in [2.05, 4.69) is 135 Å². The van der Waals surface area contributed by atoms with Crippen molar-refractivity contribution in [3.8, 4) is 11.4 Å². The SMILES string of the molecule is c1ccc(-n2c3ccccc3c3c(-n4c5ccccc5n5c6ccccc6nc45)cccc32)cc1. The summed E-state index contributed by atoms with van der Waals surface area (Å²) in [6.07, 6.45) is 0. The number of nitrogens with zero attached hydrogens (tertiary/aromatic N) is 4. The Morgan fingerprint density at radius 2 is 1.11 bits per heavy atom. The number of hydrogen-bond acceptors (Lipinski definition) is 1. The molecule has 0 atom stereocenters. The van der Waals surface area contributed by atoms with Crippen LogP contribution in [-0.4, -0.2) is 18.5 Å². The second-order valence-corrected chi connectivity index (χ2v) is 8.92. The first-order valence-electron chi connectivity index (χ1n) is 11.8. The summed E-state index contributed by atoms with van der Waals surface area (Å²) >= 11 is 0. The van der Waals surface area contributed by atoms with E-state index in [4.69, 9.17) is 4.98 Å². The minimum atomic E-state index is 0.927. The highest BCUT2D eigenvalue weighted by molar-refractivity contribution is 6.14. The van der Waals surface area contributed by atoms with Gasteiger partial charge in [0.2, 0.25) is 5.78 Å². The first kappa shape index (κ1) is 18.6. The van der Waals surface area contributed by atoms with Crippen LogP contribution >= 0.6 is 0 Å². The predicted octanol–water partition coefficient (Wildman–Crippen LogP) is 7.53. The van der Waals surface area contributed by atoms with Crippen molar-refractivity contribution in [3.63, 3.8) is 0 Å². The summed E-state index contributed by atoms with van der Waals surface area (Å²) in [5.41, 5.74) is 9.09. The van der Waals surface area contributed by atoms with E-state index in [1.54, 1.807) is 0 Å². The lowest BCUT2D eigenvalue weighted by Crippen LogP contribution is -1.97. The van der Waals surface area contributed by atoms with E-state index in [-0.39, 0.29) is 0 Å². The maximum absolute atomic E-state index is 5.10. The zero-order chi connectivity index (χ0) is 22.9. The average molecular weight is 449 g/mol. The third-order valence-corrected chi connectivity index (χ3v) is 7.04. The van der Waals surface area contributed by atoms with Gasteiger partial charge in [-0.1, -0.05) is 66.7 Å². The van der Waals surface area contributed by atoms with Gasteiger partial charge < -0.3 is 4.57 Å². The third kappa shape index (κ3) is 2.43. The van der Waals surface area contributed by atoms with Gasteiger partial charge in [-0.15, -0.1) is 0 Å². The first-order chi connectivity index (χ1) is 17.4. The summed E-state index contributed by atoms with van der Waals surface area (Å²) in [6, 6.07) is 42.8. The van der Waals surface area contributed by atoms with Crippen molar-refractivity contribution >= 4 is 49.7 Å². The molecule has 8 aromatic rings. The Hall–Kier alpha value is -4.83. The molecule has 8 rings (SSSR count). The van der Waals surface area contributed by atoms with Gasteiger partial charge in [-0.05, 0) is 54.6 Å². The number of aromatic nitrogens is 4. The number of fused-ring (bicyclic) bond motifs is 8. The molecule has 3 heterocycles. The van der Waals surface area contributed by atoms with Crippen LogP contribution in [0.1, 0.15) is 0 Å². The molecule has 0 bridgehead atoms. The van der Waals surface area contributed by atoms with E-state index >= 15 is 0 Å². The van der Waals surface area contributed by atoms with Gasteiger partial charge in [0, 0.05) is 16.5 Å². The molecule has 0 saturated heterocycles. The van der Waals surface area contributed by atoms with Gasteiger partial charge in [-0.25, -0.2) is 4.98 Å². The molecule has 0 aliphatic carbocycles. The maximum Gasteiger partial charge on any atom is 0.220 e. The minimum Gasteiger partial charge on any atom is -0.309 e. The van der Waals surface area contributed by atoms with Crippen LogP contribution in [0.25, 0.3) is 61.0 Å². The second kappa shape index (κ2) is 6.84. The summed E-state index contributed by atoms with van der Waals surface area (Å²) in [6.45, 7) is 0. The predicted molar refractivity (Wildman–Crippen MR) is 144 cm³/mol. The Balaban J connectivity index is 1.59. The Labute approximate surface area is 200 Å². The zero-order valence-corrected chi connectivity index (χ0v) is 18.8. The summed E-state index contributed by atoms with van der Waals surface area (Å²) in [5.74, 6) is 0.927. The summed E-state index contributed by atoms with van der Waals surface area (Å²) < 4.78 is 6.96. The molecule has 0 amide bonds. The summed E-state index contributed by atoms with van der Waals surface area (Å²) in [7, 11) is 0. The molecule has 4 nitrogen and oxygen atoms in total. The largest absolute Gasteiger partial charge is 0.309 e. The molecule has 0 aliphatic heterocycles. The molecular formula is C31H20N4. The summed E-state index contributed by atoms with van der Waals surface area (Å²) in [5, 5.41) is 2.45. The quantitative estimate of drug-likeness (QED) is 0.269. The molecule has 3 aromatic heterocycles. The standard InChI is InChI=1S/C31H20N4/c1-2-11-21(12-3-1)33-24-15-6-4-13-22(24)30-28(33)19-10-20-29(30)35-27-18-9-8-17-26(27)34-25-16-7-5-14-23(25)32-31(34)35/h1-20H. The zero-order valence-electron chi connectivity index (χ0n) is 18.8. The van der Waals surface area contributed by atoms with Crippen molar-refractivity contribution in [2.75, 3.05) is 0 Å². The van der Waals surface area contributed by atoms with Crippen molar-refractivity contribution in [1.82, 2.24) is 18.5 Å². The van der Waals surface area contributed by atoms with Crippen LogP contribution in [0.2, 0.25) is 0 Å². The molecule has 4 heteroatoms. The number of imidazole rings is 2. The van der Waals surface area contributed by atoms with Crippen LogP contribution < -0.4 is 0 Å². The maximum atomic E-state index is 5.10. The Morgan fingerprint density at radius 3 is 1.97 bits per heavy atom. The first-order valence-corrected chi connectivity index (χ1v) is 11.8. The average Bonchev–Trinajstić information content (AvgIpc) is 3.56. The van der Waals surface area contributed by atoms with Crippen molar-refractivity contribution in [2.24, 2.45) is 0 Å². The van der Waals surface area contributed by atoms with Crippen LogP contribution in [0.5, 0.6) is 0 Å². The fourth-order valence-corrected chi connectivity index (χ4v) is 5.63. The molecule has 0 spiro atoms. The molecule has 35 heavy (non-hydrogen) atoms. The molecule has 0 fully saturated rings. The van der Waals surface area contributed by atoms with Gasteiger partial charge in [-0.2, -0.15) is 0 Å². The Bertz CT molecular complexity index is 2050. The number of para-hydroxylation sites is 6. The molecule has 5 aromatic carbocycles. The van der Waals surface area contributed by atoms with Crippen molar-refractivity contribution in [2.45, 2.75) is 0 Å². The highest BCUT2D eigenvalue weighted by atomic mass is 15.2. The molecular weight excluding hydrogens is 428 g/mol. The Morgan fingerprint density at radius 1 is 0.457 bits per heavy atom. The van der Waals surface area contributed by atoms with Crippen LogP contribution in [0.4, 0.5) is 0 Å². The van der Waals surface area contributed by atoms with E-state index in [9.17, 15) is 0 Å². The lowest BCUT2D eigenvalue weighted by Gasteiger charge is -2.10. The fourth-order valence-electron chi connectivity index (χ4n) is 5.63. The van der Waals surface area contributed by atoms with Crippen molar-refractivity contribution in [1.29, 1.82) is 0 Å². The molecule has 164 valence electrons. The normalized spacial score (nSPS) is 12.0. The van der Waals surface area contributed by atoms with Gasteiger partial charge in [-0.3, -0.25) is 8.97 Å². The number of rotatable bonds is 2. The van der Waals surface area contributed by atoms with E-state index in [1.807, 2.05) is 0 Å². The third-order valence-electron chi connectivity index (χ3n) is 7.04. The lowest BCUT2D eigenvalue weighted by atomic mass is 10.1.